The predicted molar refractivity (Wildman–Crippen MR) is 85.5 cm³/mol. The third-order valence-corrected chi connectivity index (χ3v) is 3.04. The second-order valence-electron chi connectivity index (χ2n) is 4.93. The highest BCUT2D eigenvalue weighted by atomic mass is 19.1. The molecule has 0 bridgehead atoms. The zero-order chi connectivity index (χ0) is 15.9. The number of hydrogen-bond acceptors (Lipinski definition) is 2. The van der Waals surface area contributed by atoms with Gasteiger partial charge in [-0.05, 0) is 36.3 Å². The number of carbonyl (C=O) groups excluding carboxylic acids is 1. The van der Waals surface area contributed by atoms with E-state index in [1.165, 1.54) is 12.1 Å². The summed E-state index contributed by atoms with van der Waals surface area (Å²) in [5.74, 6) is -0.812. The van der Waals surface area contributed by atoms with Crippen LogP contribution in [0.1, 0.15) is 24.2 Å². The highest BCUT2D eigenvalue weighted by Gasteiger charge is 2.14. The van der Waals surface area contributed by atoms with Gasteiger partial charge in [0.2, 0.25) is 0 Å². The zero-order valence-corrected chi connectivity index (χ0v) is 12.3. The van der Waals surface area contributed by atoms with Gasteiger partial charge < -0.3 is 4.74 Å². The predicted octanol–water partition coefficient (Wildman–Crippen LogP) is 4.70. The fourth-order valence-electron chi connectivity index (χ4n) is 1.85. The number of rotatable bonds is 5. The van der Waals surface area contributed by atoms with E-state index in [4.69, 9.17) is 4.74 Å². The van der Waals surface area contributed by atoms with Gasteiger partial charge in [0.1, 0.15) is 11.9 Å². The van der Waals surface area contributed by atoms with Gasteiger partial charge in [-0.15, -0.1) is 0 Å². The molecule has 1 unspecified atom stereocenters. The van der Waals surface area contributed by atoms with E-state index in [1.807, 2.05) is 36.4 Å². The number of ether oxygens (including phenoxy) is 1. The van der Waals surface area contributed by atoms with Crippen molar-refractivity contribution in [1.29, 1.82) is 0 Å². The highest BCUT2D eigenvalue weighted by Crippen LogP contribution is 2.22. The molecule has 3 heteroatoms. The molecule has 1 atom stereocenters. The summed E-state index contributed by atoms with van der Waals surface area (Å²) in [6.45, 7) is 5.16. The molecule has 0 heterocycles. The first-order valence-corrected chi connectivity index (χ1v) is 6.91. The number of benzene rings is 2. The van der Waals surface area contributed by atoms with Crippen molar-refractivity contribution in [2.45, 2.75) is 13.0 Å². The normalized spacial score (nSPS) is 12.1. The van der Waals surface area contributed by atoms with Crippen LogP contribution >= 0.6 is 0 Å². The fraction of sp³-hybridized carbons (Fsp3) is 0.105. The Morgan fingerprint density at radius 3 is 2.36 bits per heavy atom. The molecule has 2 aromatic rings. The van der Waals surface area contributed by atoms with E-state index in [9.17, 15) is 9.18 Å². The summed E-state index contributed by atoms with van der Waals surface area (Å²) >= 11 is 0. The minimum Gasteiger partial charge on any atom is -0.450 e. The van der Waals surface area contributed by atoms with Gasteiger partial charge in [0, 0.05) is 5.57 Å². The van der Waals surface area contributed by atoms with E-state index in [1.54, 1.807) is 25.1 Å². The summed E-state index contributed by atoms with van der Waals surface area (Å²) in [4.78, 5) is 11.8. The Kier molecular flexibility index (Phi) is 5.26. The molecule has 0 aliphatic carbocycles. The largest absolute Gasteiger partial charge is 0.450 e. The second-order valence-corrected chi connectivity index (χ2v) is 4.93. The van der Waals surface area contributed by atoms with Crippen LogP contribution in [0.2, 0.25) is 0 Å². The maximum absolute atomic E-state index is 13.1. The van der Waals surface area contributed by atoms with Crippen molar-refractivity contribution in [3.63, 3.8) is 0 Å². The molecule has 0 spiro atoms. The lowest BCUT2D eigenvalue weighted by Gasteiger charge is -2.15. The van der Waals surface area contributed by atoms with Gasteiger partial charge in [-0.2, -0.15) is 0 Å². The SMILES string of the molecule is C=C(C)C(=O)OC(/C=C/c1ccccc1)c1ccc(F)cc1. The van der Waals surface area contributed by atoms with Crippen molar-refractivity contribution in [2.75, 3.05) is 0 Å². The Bertz CT molecular complexity index is 672. The van der Waals surface area contributed by atoms with Crippen molar-refractivity contribution >= 4 is 12.0 Å². The number of esters is 1. The van der Waals surface area contributed by atoms with Gasteiger partial charge in [-0.25, -0.2) is 9.18 Å². The van der Waals surface area contributed by atoms with Gasteiger partial charge in [-0.1, -0.05) is 55.1 Å². The minimum atomic E-state index is -0.593. The van der Waals surface area contributed by atoms with Crippen LogP contribution in [0.15, 0.2) is 72.8 Å². The molecule has 2 nitrogen and oxygen atoms in total. The van der Waals surface area contributed by atoms with Gasteiger partial charge in [0.15, 0.2) is 0 Å². The summed E-state index contributed by atoms with van der Waals surface area (Å²) in [6, 6.07) is 15.5. The molecule has 0 aliphatic rings. The Hall–Kier alpha value is -2.68. The lowest BCUT2D eigenvalue weighted by Crippen LogP contribution is -2.10. The third kappa shape index (κ3) is 4.42. The van der Waals surface area contributed by atoms with E-state index < -0.39 is 12.1 Å². The standard InChI is InChI=1S/C19H17FO2/c1-14(2)19(21)22-18(16-9-11-17(20)12-10-16)13-8-15-6-4-3-5-7-15/h3-13,18H,1H2,2H3/b13-8+. The Labute approximate surface area is 129 Å². The van der Waals surface area contributed by atoms with E-state index >= 15 is 0 Å². The Balaban J connectivity index is 2.25. The summed E-state index contributed by atoms with van der Waals surface area (Å²) in [7, 11) is 0. The molecule has 112 valence electrons. The summed E-state index contributed by atoms with van der Waals surface area (Å²) in [5, 5.41) is 0. The molecule has 0 aromatic heterocycles. The quantitative estimate of drug-likeness (QED) is 0.590. The van der Waals surface area contributed by atoms with Gasteiger partial charge in [-0.3, -0.25) is 0 Å². The monoisotopic (exact) mass is 296 g/mol. The molecule has 2 aromatic carbocycles. The number of halogens is 1. The molecule has 0 aliphatic heterocycles. The van der Waals surface area contributed by atoms with Crippen LogP contribution in [0.3, 0.4) is 0 Å². The minimum absolute atomic E-state index is 0.320. The average molecular weight is 296 g/mol. The maximum atomic E-state index is 13.1. The van der Waals surface area contributed by atoms with Crippen molar-refractivity contribution in [2.24, 2.45) is 0 Å². The molecule has 0 saturated heterocycles. The molecule has 0 radical (unpaired) electrons. The van der Waals surface area contributed by atoms with Crippen LogP contribution in [0.25, 0.3) is 6.08 Å². The lowest BCUT2D eigenvalue weighted by atomic mass is 10.1. The van der Waals surface area contributed by atoms with Crippen molar-refractivity contribution < 1.29 is 13.9 Å². The molecule has 0 saturated carbocycles. The summed E-state index contributed by atoms with van der Waals surface area (Å²) < 4.78 is 18.5. The van der Waals surface area contributed by atoms with Crippen LogP contribution in [0.5, 0.6) is 0 Å². The van der Waals surface area contributed by atoms with Crippen LogP contribution in [-0.2, 0) is 9.53 Å². The fourth-order valence-corrected chi connectivity index (χ4v) is 1.85. The summed E-state index contributed by atoms with van der Waals surface area (Å²) in [5.41, 5.74) is 2.00. The number of carbonyl (C=O) groups is 1. The molecular weight excluding hydrogens is 279 g/mol. The first-order chi connectivity index (χ1) is 10.6. The first-order valence-electron chi connectivity index (χ1n) is 6.91. The molecule has 22 heavy (non-hydrogen) atoms. The molecular formula is C19H17FO2. The topological polar surface area (TPSA) is 26.3 Å². The average Bonchev–Trinajstić information content (AvgIpc) is 2.53. The zero-order valence-electron chi connectivity index (χ0n) is 12.3. The Morgan fingerprint density at radius 1 is 1.14 bits per heavy atom. The second kappa shape index (κ2) is 7.36. The van der Waals surface area contributed by atoms with Gasteiger partial charge >= 0.3 is 5.97 Å². The first kappa shape index (κ1) is 15.7. The Morgan fingerprint density at radius 2 is 1.77 bits per heavy atom. The third-order valence-electron chi connectivity index (χ3n) is 3.04. The lowest BCUT2D eigenvalue weighted by molar-refractivity contribution is -0.142. The van der Waals surface area contributed by atoms with Crippen molar-refractivity contribution in [1.82, 2.24) is 0 Å². The molecule has 0 amide bonds. The van der Waals surface area contributed by atoms with Crippen LogP contribution < -0.4 is 0 Å². The van der Waals surface area contributed by atoms with Crippen molar-refractivity contribution in [3.8, 4) is 0 Å². The van der Waals surface area contributed by atoms with E-state index in [0.29, 0.717) is 11.1 Å². The van der Waals surface area contributed by atoms with Crippen LogP contribution in [-0.4, -0.2) is 5.97 Å². The number of hydrogen-bond donors (Lipinski definition) is 0. The van der Waals surface area contributed by atoms with E-state index in [-0.39, 0.29) is 5.82 Å². The summed E-state index contributed by atoms with van der Waals surface area (Å²) in [6.07, 6.45) is 3.04. The van der Waals surface area contributed by atoms with Gasteiger partial charge in [0.25, 0.3) is 0 Å². The highest BCUT2D eigenvalue weighted by molar-refractivity contribution is 5.87. The smallest absolute Gasteiger partial charge is 0.334 e. The van der Waals surface area contributed by atoms with Gasteiger partial charge in [0.05, 0.1) is 0 Å². The van der Waals surface area contributed by atoms with Crippen LogP contribution in [0, 0.1) is 5.82 Å². The molecule has 0 fully saturated rings. The molecule has 0 N–H and O–H groups in total. The van der Waals surface area contributed by atoms with Crippen molar-refractivity contribution in [3.05, 3.63) is 89.8 Å². The van der Waals surface area contributed by atoms with E-state index in [2.05, 4.69) is 6.58 Å². The maximum Gasteiger partial charge on any atom is 0.334 e. The van der Waals surface area contributed by atoms with E-state index in [0.717, 1.165) is 5.56 Å². The van der Waals surface area contributed by atoms with Crippen LogP contribution in [0.4, 0.5) is 4.39 Å². The molecule has 2 rings (SSSR count).